The molecule has 0 saturated carbocycles. The molecule has 2 heteroatoms. The lowest BCUT2D eigenvalue weighted by molar-refractivity contribution is 0.0979. The second-order valence-electron chi connectivity index (χ2n) is 11.7. The lowest BCUT2D eigenvalue weighted by atomic mass is 9.72. The summed E-state index contributed by atoms with van der Waals surface area (Å²) < 4.78 is 0. The van der Waals surface area contributed by atoms with E-state index in [0.717, 1.165) is 27.9 Å². The lowest BCUT2D eigenvalue weighted by Gasteiger charge is -2.35. The Morgan fingerprint density at radius 3 is 1.33 bits per heavy atom. The number of amides is 1. The predicted molar refractivity (Wildman–Crippen MR) is 168 cm³/mol. The van der Waals surface area contributed by atoms with Crippen LogP contribution >= 0.6 is 0 Å². The molecule has 0 atom stereocenters. The van der Waals surface area contributed by atoms with Gasteiger partial charge in [0.1, 0.15) is 0 Å². The van der Waals surface area contributed by atoms with E-state index in [1.807, 2.05) is 41.3 Å². The molecule has 4 rings (SSSR count). The molecule has 202 valence electrons. The van der Waals surface area contributed by atoms with E-state index in [4.69, 9.17) is 0 Å². The number of carbonyl (C=O) groups is 1. The number of anilines is 1. The molecule has 0 aromatic heterocycles. The summed E-state index contributed by atoms with van der Waals surface area (Å²) in [5.74, 6) is 0.795. The van der Waals surface area contributed by atoms with E-state index in [9.17, 15) is 0 Å². The van der Waals surface area contributed by atoms with Crippen molar-refractivity contribution < 1.29 is 4.79 Å². The van der Waals surface area contributed by atoms with Gasteiger partial charge >= 0.3 is 0 Å². The summed E-state index contributed by atoms with van der Waals surface area (Å²) in [6.45, 7) is 17.8. The number of hydrogen-bond donors (Lipinski definition) is 0. The minimum atomic E-state index is -0.00372. The lowest BCUT2D eigenvalue weighted by Crippen LogP contribution is -2.38. The van der Waals surface area contributed by atoms with Crippen molar-refractivity contribution in [3.63, 3.8) is 0 Å². The van der Waals surface area contributed by atoms with Crippen molar-refractivity contribution in [3.8, 4) is 22.3 Å². The van der Waals surface area contributed by atoms with E-state index in [1.54, 1.807) is 0 Å². The quantitative estimate of drug-likeness (QED) is 0.228. The Bertz CT molecular complexity index is 1400. The number of nitrogens with zero attached hydrogens (tertiary/aromatic N) is 1. The summed E-state index contributed by atoms with van der Waals surface area (Å²) >= 11 is 0. The highest BCUT2D eigenvalue weighted by Crippen LogP contribution is 2.49. The Labute approximate surface area is 235 Å². The van der Waals surface area contributed by atoms with E-state index in [1.165, 1.54) is 22.3 Å². The number of carbonyl (C=O) groups excluding carboxylic acids is 1. The molecule has 0 fully saturated rings. The molecule has 0 N–H and O–H groups in total. The maximum atomic E-state index is 15.1. The van der Waals surface area contributed by atoms with Gasteiger partial charge in [0, 0.05) is 17.3 Å². The van der Waals surface area contributed by atoms with Crippen LogP contribution in [-0.2, 0) is 0 Å². The first-order valence-electron chi connectivity index (χ1n) is 14.4. The molecular weight excluding hydrogens is 474 g/mol. The molecule has 0 heterocycles. The summed E-state index contributed by atoms with van der Waals surface area (Å²) in [7, 11) is 0. The Balaban J connectivity index is 2.27. The van der Waals surface area contributed by atoms with Crippen molar-refractivity contribution in [2.75, 3.05) is 4.90 Å². The van der Waals surface area contributed by atoms with E-state index in [0.29, 0.717) is 0 Å². The van der Waals surface area contributed by atoms with E-state index in [2.05, 4.69) is 110 Å². The maximum Gasteiger partial charge on any atom is 0.259 e. The van der Waals surface area contributed by atoms with Crippen molar-refractivity contribution in [1.82, 2.24) is 0 Å². The van der Waals surface area contributed by atoms with Gasteiger partial charge in [0.25, 0.3) is 5.91 Å². The third-order valence-electron chi connectivity index (χ3n) is 7.46. The maximum absolute atomic E-state index is 15.1. The Morgan fingerprint density at radius 1 is 0.513 bits per heavy atom. The molecule has 0 aliphatic rings. The van der Waals surface area contributed by atoms with Crippen LogP contribution in [0.5, 0.6) is 0 Å². The normalized spacial score (nSPS) is 11.6. The Kier molecular flexibility index (Phi) is 8.75. The van der Waals surface area contributed by atoms with Crippen molar-refractivity contribution >= 4 is 11.6 Å². The fourth-order valence-corrected chi connectivity index (χ4v) is 6.01. The Hall–Kier alpha value is -3.65. The van der Waals surface area contributed by atoms with E-state index >= 15 is 4.79 Å². The molecule has 0 spiro atoms. The van der Waals surface area contributed by atoms with Gasteiger partial charge in [-0.25, -0.2) is 0 Å². The average molecular weight is 518 g/mol. The van der Waals surface area contributed by atoms with Crippen molar-refractivity contribution in [1.29, 1.82) is 0 Å². The zero-order valence-electron chi connectivity index (χ0n) is 24.8. The van der Waals surface area contributed by atoms with Gasteiger partial charge in [-0.15, -0.1) is 0 Å². The van der Waals surface area contributed by atoms with Crippen LogP contribution in [0.4, 0.5) is 5.69 Å². The van der Waals surface area contributed by atoms with Gasteiger partial charge in [-0.2, -0.15) is 0 Å². The SMILES string of the molecule is CC(C)c1c(C(=O)N(c2ccccc2)C(C)C)c(-c2ccccc2)c(-c2ccccc2)c(C(C)C)c1C(C)C. The number of para-hydroxylation sites is 1. The zero-order valence-corrected chi connectivity index (χ0v) is 24.8. The molecule has 4 aromatic rings. The average Bonchev–Trinajstić information content (AvgIpc) is 2.92. The van der Waals surface area contributed by atoms with Crippen LogP contribution in [0, 0.1) is 0 Å². The van der Waals surface area contributed by atoms with Crippen LogP contribution in [0.25, 0.3) is 22.3 Å². The summed E-state index contributed by atoms with van der Waals surface area (Å²) in [5.41, 5.74) is 10.1. The summed E-state index contributed by atoms with van der Waals surface area (Å²) in [6, 6.07) is 31.3. The molecule has 0 unspecified atom stereocenters. The van der Waals surface area contributed by atoms with Gasteiger partial charge in [0.05, 0.1) is 5.56 Å². The number of rotatable bonds is 8. The highest BCUT2D eigenvalue weighted by atomic mass is 16.2. The van der Waals surface area contributed by atoms with E-state index < -0.39 is 0 Å². The zero-order chi connectivity index (χ0) is 28.3. The molecule has 0 saturated heterocycles. The van der Waals surface area contributed by atoms with Gasteiger partial charge in [0.2, 0.25) is 0 Å². The first-order valence-corrected chi connectivity index (χ1v) is 14.4. The molecular formula is C37H43NO. The second kappa shape index (κ2) is 12.0. The van der Waals surface area contributed by atoms with Crippen molar-refractivity contribution in [2.24, 2.45) is 0 Å². The van der Waals surface area contributed by atoms with Gasteiger partial charge in [-0.3, -0.25) is 4.79 Å². The van der Waals surface area contributed by atoms with Crippen molar-refractivity contribution in [2.45, 2.75) is 79.2 Å². The van der Waals surface area contributed by atoms with Crippen LogP contribution in [0.1, 0.15) is 100 Å². The first kappa shape index (κ1) is 28.4. The molecule has 0 aliphatic heterocycles. The van der Waals surface area contributed by atoms with Crippen LogP contribution in [0.15, 0.2) is 91.0 Å². The second-order valence-corrected chi connectivity index (χ2v) is 11.7. The third kappa shape index (κ3) is 5.57. The molecule has 0 aliphatic carbocycles. The van der Waals surface area contributed by atoms with Crippen LogP contribution in [-0.4, -0.2) is 11.9 Å². The smallest absolute Gasteiger partial charge is 0.259 e. The topological polar surface area (TPSA) is 20.3 Å². The third-order valence-corrected chi connectivity index (χ3v) is 7.46. The van der Waals surface area contributed by atoms with Crippen LogP contribution in [0.3, 0.4) is 0 Å². The van der Waals surface area contributed by atoms with Gasteiger partial charge < -0.3 is 4.90 Å². The fourth-order valence-electron chi connectivity index (χ4n) is 6.01. The van der Waals surface area contributed by atoms with E-state index in [-0.39, 0.29) is 29.7 Å². The highest BCUT2D eigenvalue weighted by molar-refractivity contribution is 6.14. The molecule has 0 bridgehead atoms. The Morgan fingerprint density at radius 2 is 0.923 bits per heavy atom. The fraction of sp³-hybridized carbons (Fsp3) is 0.324. The largest absolute Gasteiger partial charge is 0.306 e. The standard InChI is InChI=1S/C37H43NO/c1-24(2)31-32(25(3)4)34(28-18-12-9-13-19-28)35(29-20-14-10-15-21-29)36(33(31)26(5)6)37(39)38(27(7)8)30-22-16-11-17-23-30/h9-27H,1-8H3. The minimum absolute atomic E-state index is 0.00372. The summed E-state index contributed by atoms with van der Waals surface area (Å²) in [6.07, 6.45) is 0. The minimum Gasteiger partial charge on any atom is -0.306 e. The van der Waals surface area contributed by atoms with Gasteiger partial charge in [-0.1, -0.05) is 120 Å². The van der Waals surface area contributed by atoms with Crippen molar-refractivity contribution in [3.05, 3.63) is 113 Å². The molecule has 39 heavy (non-hydrogen) atoms. The molecule has 4 aromatic carbocycles. The molecule has 1 amide bonds. The monoisotopic (exact) mass is 517 g/mol. The highest BCUT2D eigenvalue weighted by Gasteiger charge is 2.34. The van der Waals surface area contributed by atoms with Gasteiger partial charge in [-0.05, 0) is 77.1 Å². The summed E-state index contributed by atoms with van der Waals surface area (Å²) in [4.78, 5) is 17.0. The number of hydrogen-bond acceptors (Lipinski definition) is 1. The number of benzene rings is 4. The van der Waals surface area contributed by atoms with Crippen LogP contribution < -0.4 is 4.90 Å². The predicted octanol–water partition coefficient (Wildman–Crippen LogP) is 10.4. The summed E-state index contributed by atoms with van der Waals surface area (Å²) in [5, 5.41) is 0. The molecule has 2 nitrogen and oxygen atoms in total. The first-order chi connectivity index (χ1) is 18.6. The van der Waals surface area contributed by atoms with Gasteiger partial charge in [0.15, 0.2) is 0 Å². The molecule has 0 radical (unpaired) electrons. The van der Waals surface area contributed by atoms with Crippen LogP contribution in [0.2, 0.25) is 0 Å².